The molecule has 0 radical (unpaired) electrons. The van der Waals surface area contributed by atoms with E-state index >= 15 is 0 Å². The van der Waals surface area contributed by atoms with Crippen molar-refractivity contribution in [1.82, 2.24) is 14.7 Å². The van der Waals surface area contributed by atoms with Gasteiger partial charge in [0, 0.05) is 43.2 Å². The van der Waals surface area contributed by atoms with Crippen LogP contribution in [0.25, 0.3) is 0 Å². The van der Waals surface area contributed by atoms with E-state index < -0.39 is 0 Å². The van der Waals surface area contributed by atoms with Crippen LogP contribution in [-0.4, -0.2) is 72.9 Å². The minimum Gasteiger partial charge on any atom is -0.497 e. The molecular weight excluding hydrogens is 458 g/mol. The van der Waals surface area contributed by atoms with Crippen molar-refractivity contribution >= 4 is 23.2 Å². The average molecular weight is 490 g/mol. The molecule has 1 aromatic heterocycles. The summed E-state index contributed by atoms with van der Waals surface area (Å²) in [4.78, 5) is 33.8. The van der Waals surface area contributed by atoms with Gasteiger partial charge in [0.1, 0.15) is 5.75 Å². The molecule has 1 atom stereocenters. The highest BCUT2D eigenvalue weighted by molar-refractivity contribution is 7.10. The summed E-state index contributed by atoms with van der Waals surface area (Å²) in [6.07, 6.45) is 0.978. The third-order valence-corrected chi connectivity index (χ3v) is 8.12. The predicted octanol–water partition coefficient (Wildman–Crippen LogP) is 4.00. The molecule has 2 aromatic carbocycles. The van der Waals surface area contributed by atoms with Crippen molar-refractivity contribution in [1.29, 1.82) is 0 Å². The minimum atomic E-state index is -0.0170. The molecule has 0 bridgehead atoms. The van der Waals surface area contributed by atoms with Crippen molar-refractivity contribution in [3.05, 3.63) is 87.1 Å². The molecule has 2 aliphatic heterocycles. The molecule has 0 spiro atoms. The molecule has 1 saturated heterocycles. The average Bonchev–Trinajstić information content (AvgIpc) is 3.38. The number of fused-ring (bicyclic) bond motifs is 1. The first-order chi connectivity index (χ1) is 17.0. The second kappa shape index (κ2) is 10.2. The van der Waals surface area contributed by atoms with E-state index in [2.05, 4.69) is 47.5 Å². The molecule has 1 fully saturated rings. The molecule has 7 heteroatoms. The van der Waals surface area contributed by atoms with E-state index in [1.807, 2.05) is 39.3 Å². The zero-order chi connectivity index (χ0) is 24.4. The maximum Gasteiger partial charge on any atom is 0.254 e. The summed E-state index contributed by atoms with van der Waals surface area (Å²) in [5.41, 5.74) is 4.47. The normalized spacial score (nSPS) is 18.3. The molecule has 0 saturated carbocycles. The van der Waals surface area contributed by atoms with Gasteiger partial charge in [-0.05, 0) is 59.7 Å². The lowest BCUT2D eigenvalue weighted by Gasteiger charge is -2.39. The van der Waals surface area contributed by atoms with E-state index in [-0.39, 0.29) is 17.9 Å². The Bertz CT molecular complexity index is 1220. The molecular formula is C28H31N3O3S. The van der Waals surface area contributed by atoms with Crippen LogP contribution in [0.5, 0.6) is 5.75 Å². The number of carbonyl (C=O) groups is 2. The summed E-state index contributed by atoms with van der Waals surface area (Å²) in [7, 11) is 1.60. The summed E-state index contributed by atoms with van der Waals surface area (Å²) >= 11 is 1.81. The number of methoxy groups -OCH3 is 1. The van der Waals surface area contributed by atoms with E-state index in [1.54, 1.807) is 13.2 Å². The Kier molecular flexibility index (Phi) is 6.88. The number of amides is 2. The molecule has 0 aliphatic carbocycles. The van der Waals surface area contributed by atoms with Crippen molar-refractivity contribution in [2.24, 2.45) is 0 Å². The Morgan fingerprint density at radius 2 is 1.71 bits per heavy atom. The molecule has 5 rings (SSSR count). The van der Waals surface area contributed by atoms with Gasteiger partial charge in [-0.2, -0.15) is 0 Å². The number of benzene rings is 2. The molecule has 3 heterocycles. The largest absolute Gasteiger partial charge is 0.497 e. The Hall–Kier alpha value is -3.16. The van der Waals surface area contributed by atoms with Crippen LogP contribution in [0, 0.1) is 6.92 Å². The quantitative estimate of drug-likeness (QED) is 0.544. The van der Waals surface area contributed by atoms with E-state index in [4.69, 9.17) is 4.74 Å². The van der Waals surface area contributed by atoms with Crippen LogP contribution < -0.4 is 4.74 Å². The summed E-state index contributed by atoms with van der Waals surface area (Å²) < 4.78 is 5.25. The van der Waals surface area contributed by atoms with Gasteiger partial charge in [-0.15, -0.1) is 11.3 Å². The molecule has 0 N–H and O–H groups in total. The van der Waals surface area contributed by atoms with Crippen LogP contribution in [0.1, 0.15) is 38.0 Å². The number of ether oxygens (including phenoxy) is 1. The van der Waals surface area contributed by atoms with Gasteiger partial charge in [0.2, 0.25) is 5.91 Å². The molecule has 3 aromatic rings. The van der Waals surface area contributed by atoms with E-state index in [0.717, 1.165) is 13.0 Å². The topological polar surface area (TPSA) is 53.1 Å². The van der Waals surface area contributed by atoms with Gasteiger partial charge in [0.15, 0.2) is 0 Å². The number of hydrogen-bond acceptors (Lipinski definition) is 5. The minimum absolute atomic E-state index is 0.0170. The summed E-state index contributed by atoms with van der Waals surface area (Å²) in [6.45, 7) is 5.59. The number of nitrogens with zero attached hydrogens (tertiary/aromatic N) is 3. The summed E-state index contributed by atoms with van der Waals surface area (Å²) in [6, 6.07) is 18.0. The summed E-state index contributed by atoms with van der Waals surface area (Å²) in [5.74, 6) is 0.788. The van der Waals surface area contributed by atoms with Gasteiger partial charge in [-0.1, -0.05) is 30.3 Å². The van der Waals surface area contributed by atoms with Crippen LogP contribution in [-0.2, 0) is 11.2 Å². The first kappa shape index (κ1) is 23.6. The van der Waals surface area contributed by atoms with Gasteiger partial charge >= 0.3 is 0 Å². The van der Waals surface area contributed by atoms with Gasteiger partial charge in [-0.25, -0.2) is 0 Å². The molecule has 2 aliphatic rings. The monoisotopic (exact) mass is 489 g/mol. The Labute approximate surface area is 210 Å². The highest BCUT2D eigenvalue weighted by Gasteiger charge is 2.33. The van der Waals surface area contributed by atoms with Crippen molar-refractivity contribution in [3.63, 3.8) is 0 Å². The van der Waals surface area contributed by atoms with Gasteiger partial charge < -0.3 is 14.5 Å². The van der Waals surface area contributed by atoms with Crippen molar-refractivity contribution in [2.45, 2.75) is 19.4 Å². The van der Waals surface area contributed by atoms with Crippen LogP contribution in [0.3, 0.4) is 0 Å². The maximum absolute atomic E-state index is 13.4. The number of hydrogen-bond donors (Lipinski definition) is 0. The van der Waals surface area contributed by atoms with Crippen LogP contribution in [0.15, 0.2) is 60.0 Å². The number of carbonyl (C=O) groups excluding carboxylic acids is 2. The first-order valence-corrected chi connectivity index (χ1v) is 13.0. The summed E-state index contributed by atoms with van der Waals surface area (Å²) in [5, 5.41) is 2.17. The second-order valence-electron chi connectivity index (χ2n) is 9.18. The Morgan fingerprint density at radius 3 is 2.49 bits per heavy atom. The molecule has 35 heavy (non-hydrogen) atoms. The van der Waals surface area contributed by atoms with E-state index in [0.29, 0.717) is 44.0 Å². The third-order valence-electron chi connectivity index (χ3n) is 7.12. The molecule has 182 valence electrons. The van der Waals surface area contributed by atoms with Crippen molar-refractivity contribution in [3.8, 4) is 5.75 Å². The van der Waals surface area contributed by atoms with E-state index in [1.165, 1.54) is 21.6 Å². The lowest BCUT2D eigenvalue weighted by atomic mass is 9.90. The Balaban J connectivity index is 1.25. The fraction of sp³-hybridized carbons (Fsp3) is 0.357. The maximum atomic E-state index is 13.4. The SMILES string of the molecule is COc1cccc(C(=O)N2CCN(C(=O)CN3CCc4sccc4C3c3ccccc3C)CC2)c1. The predicted molar refractivity (Wildman–Crippen MR) is 138 cm³/mol. The lowest BCUT2D eigenvalue weighted by molar-refractivity contribution is -0.134. The zero-order valence-corrected chi connectivity index (χ0v) is 21.1. The van der Waals surface area contributed by atoms with Crippen LogP contribution >= 0.6 is 11.3 Å². The fourth-order valence-electron chi connectivity index (χ4n) is 5.17. The van der Waals surface area contributed by atoms with Crippen LogP contribution in [0.4, 0.5) is 0 Å². The number of rotatable bonds is 5. The molecule has 1 unspecified atom stereocenters. The van der Waals surface area contributed by atoms with Gasteiger partial charge in [-0.3, -0.25) is 14.5 Å². The standard InChI is InChI=1S/C28H31N3O3S/c1-20-6-3-4-9-23(20)27-24-11-17-35-25(24)10-12-31(27)19-26(32)29-13-15-30(16-14-29)28(33)21-7-5-8-22(18-21)34-2/h3-9,11,17-18,27H,10,12-16,19H2,1-2H3. The highest BCUT2D eigenvalue weighted by Crippen LogP contribution is 2.38. The van der Waals surface area contributed by atoms with Gasteiger partial charge in [0.05, 0.1) is 19.7 Å². The van der Waals surface area contributed by atoms with E-state index in [9.17, 15) is 9.59 Å². The Morgan fingerprint density at radius 1 is 0.943 bits per heavy atom. The first-order valence-electron chi connectivity index (χ1n) is 12.1. The smallest absolute Gasteiger partial charge is 0.254 e. The third kappa shape index (κ3) is 4.83. The number of thiophene rings is 1. The highest BCUT2D eigenvalue weighted by atomic mass is 32.1. The zero-order valence-electron chi connectivity index (χ0n) is 20.3. The molecule has 6 nitrogen and oxygen atoms in total. The molecule has 2 amide bonds. The van der Waals surface area contributed by atoms with Gasteiger partial charge in [0.25, 0.3) is 5.91 Å². The number of piperazine rings is 1. The fourth-order valence-corrected chi connectivity index (χ4v) is 6.07. The van der Waals surface area contributed by atoms with Crippen molar-refractivity contribution < 1.29 is 14.3 Å². The number of aryl methyl sites for hydroxylation is 1. The lowest BCUT2D eigenvalue weighted by Crippen LogP contribution is -2.53. The van der Waals surface area contributed by atoms with Crippen LogP contribution in [0.2, 0.25) is 0 Å². The van der Waals surface area contributed by atoms with Crippen molar-refractivity contribution in [2.75, 3.05) is 46.4 Å². The second-order valence-corrected chi connectivity index (χ2v) is 10.2.